The van der Waals surface area contributed by atoms with Gasteiger partial charge in [0, 0.05) is 26.2 Å². The molecule has 1 aromatic carbocycles. The SMILES string of the molecule is CCc1cc(CNCC(F)F)ccc1CNc1cc2c(cn1)ncn2C. The van der Waals surface area contributed by atoms with Gasteiger partial charge < -0.3 is 15.2 Å². The highest BCUT2D eigenvalue weighted by molar-refractivity contribution is 5.77. The second-order valence-corrected chi connectivity index (χ2v) is 6.25. The fourth-order valence-electron chi connectivity index (χ4n) is 2.93. The summed E-state index contributed by atoms with van der Waals surface area (Å²) in [5.74, 6) is 0.797. The van der Waals surface area contributed by atoms with E-state index in [1.54, 1.807) is 12.5 Å². The number of nitrogens with zero attached hydrogens (tertiary/aromatic N) is 3. The molecule has 2 heterocycles. The lowest BCUT2D eigenvalue weighted by Gasteiger charge is -2.13. The van der Waals surface area contributed by atoms with Crippen molar-refractivity contribution in [1.29, 1.82) is 0 Å². The molecule has 0 amide bonds. The number of halogens is 2. The maximum atomic E-state index is 12.2. The van der Waals surface area contributed by atoms with Crippen LogP contribution in [0.15, 0.2) is 36.8 Å². The molecule has 0 aliphatic rings. The van der Waals surface area contributed by atoms with Gasteiger partial charge in [-0.15, -0.1) is 0 Å². The van der Waals surface area contributed by atoms with Crippen molar-refractivity contribution in [3.63, 3.8) is 0 Å². The zero-order valence-corrected chi connectivity index (χ0v) is 15.0. The first kappa shape index (κ1) is 18.3. The first-order chi connectivity index (χ1) is 12.6. The Labute approximate surface area is 151 Å². The van der Waals surface area contributed by atoms with E-state index in [1.807, 2.05) is 29.8 Å². The molecule has 2 aromatic heterocycles. The second kappa shape index (κ2) is 8.23. The summed E-state index contributed by atoms with van der Waals surface area (Å²) in [7, 11) is 1.95. The number of aromatic nitrogens is 3. The molecule has 2 N–H and O–H groups in total. The van der Waals surface area contributed by atoms with Gasteiger partial charge in [-0.2, -0.15) is 0 Å². The van der Waals surface area contributed by atoms with E-state index in [2.05, 4.69) is 33.6 Å². The van der Waals surface area contributed by atoms with Gasteiger partial charge in [0.05, 0.1) is 24.6 Å². The molecule has 0 aliphatic heterocycles. The van der Waals surface area contributed by atoms with Gasteiger partial charge in [0.15, 0.2) is 0 Å². The van der Waals surface area contributed by atoms with Crippen molar-refractivity contribution in [2.75, 3.05) is 11.9 Å². The lowest BCUT2D eigenvalue weighted by Crippen LogP contribution is -2.20. The Bertz CT molecular complexity index is 875. The fraction of sp³-hybridized carbons (Fsp3) is 0.368. The largest absolute Gasteiger partial charge is 0.366 e. The number of hydrogen-bond acceptors (Lipinski definition) is 4. The Morgan fingerprint density at radius 2 is 1.96 bits per heavy atom. The molecular weight excluding hydrogens is 336 g/mol. The molecule has 0 saturated carbocycles. The molecule has 3 rings (SSSR count). The Hall–Kier alpha value is -2.54. The predicted molar refractivity (Wildman–Crippen MR) is 99.4 cm³/mol. The van der Waals surface area contributed by atoms with Crippen LogP contribution in [0.4, 0.5) is 14.6 Å². The zero-order chi connectivity index (χ0) is 18.5. The molecular formula is C19H23F2N5. The van der Waals surface area contributed by atoms with E-state index >= 15 is 0 Å². The summed E-state index contributed by atoms with van der Waals surface area (Å²) in [6, 6.07) is 8.09. The smallest absolute Gasteiger partial charge is 0.250 e. The van der Waals surface area contributed by atoms with Crippen LogP contribution < -0.4 is 10.6 Å². The van der Waals surface area contributed by atoms with Crippen molar-refractivity contribution in [2.45, 2.75) is 32.9 Å². The normalized spacial score (nSPS) is 11.4. The molecule has 26 heavy (non-hydrogen) atoms. The maximum absolute atomic E-state index is 12.2. The summed E-state index contributed by atoms with van der Waals surface area (Å²) >= 11 is 0. The van der Waals surface area contributed by atoms with Gasteiger partial charge in [-0.05, 0) is 23.1 Å². The van der Waals surface area contributed by atoms with Crippen LogP contribution in [0, 0.1) is 0 Å². The van der Waals surface area contributed by atoms with Gasteiger partial charge in [0.1, 0.15) is 11.3 Å². The molecule has 0 spiro atoms. The number of fused-ring (bicyclic) bond motifs is 1. The summed E-state index contributed by atoms with van der Waals surface area (Å²) in [6.45, 7) is 2.91. The summed E-state index contributed by atoms with van der Waals surface area (Å²) in [5.41, 5.74) is 5.29. The van der Waals surface area contributed by atoms with Crippen LogP contribution in [-0.2, 0) is 26.6 Å². The van der Waals surface area contributed by atoms with E-state index in [0.717, 1.165) is 28.8 Å². The van der Waals surface area contributed by atoms with Crippen LogP contribution in [0.25, 0.3) is 11.0 Å². The summed E-state index contributed by atoms with van der Waals surface area (Å²) in [4.78, 5) is 8.67. The standard InChI is InChI=1S/C19H23F2N5/c1-3-14-6-13(8-22-11-18(20)21)4-5-15(14)9-23-19-7-17-16(10-24-19)25-12-26(17)2/h4-7,10,12,18,22H,3,8-9,11H2,1-2H3,(H,23,24). The van der Waals surface area contributed by atoms with E-state index < -0.39 is 6.43 Å². The molecule has 3 aromatic rings. The minimum Gasteiger partial charge on any atom is -0.366 e. The van der Waals surface area contributed by atoms with Crippen LogP contribution in [0.3, 0.4) is 0 Å². The first-order valence-corrected chi connectivity index (χ1v) is 8.67. The second-order valence-electron chi connectivity index (χ2n) is 6.25. The molecule has 0 atom stereocenters. The van der Waals surface area contributed by atoms with E-state index in [-0.39, 0.29) is 6.54 Å². The van der Waals surface area contributed by atoms with Crippen molar-refractivity contribution in [3.05, 3.63) is 53.5 Å². The number of hydrogen-bond donors (Lipinski definition) is 2. The van der Waals surface area contributed by atoms with E-state index in [0.29, 0.717) is 13.1 Å². The minimum atomic E-state index is -2.33. The average molecular weight is 359 g/mol. The third-order valence-corrected chi connectivity index (χ3v) is 4.35. The molecule has 138 valence electrons. The van der Waals surface area contributed by atoms with Gasteiger partial charge in [-0.1, -0.05) is 25.1 Å². The number of aryl methyl sites for hydroxylation is 2. The average Bonchev–Trinajstić information content (AvgIpc) is 3.00. The topological polar surface area (TPSA) is 54.8 Å². The number of benzene rings is 1. The molecule has 5 nitrogen and oxygen atoms in total. The number of alkyl halides is 2. The Morgan fingerprint density at radius 1 is 1.12 bits per heavy atom. The summed E-state index contributed by atoms with van der Waals surface area (Å²) in [6.07, 6.45) is 2.09. The van der Waals surface area contributed by atoms with Gasteiger partial charge in [0.2, 0.25) is 0 Å². The van der Waals surface area contributed by atoms with Crippen molar-refractivity contribution in [2.24, 2.45) is 7.05 Å². The monoisotopic (exact) mass is 359 g/mol. The predicted octanol–water partition coefficient (Wildman–Crippen LogP) is 3.50. The van der Waals surface area contributed by atoms with E-state index in [4.69, 9.17) is 0 Å². The number of imidazole rings is 1. The van der Waals surface area contributed by atoms with E-state index in [1.165, 1.54) is 11.1 Å². The number of rotatable bonds is 8. The number of nitrogens with one attached hydrogen (secondary N) is 2. The highest BCUT2D eigenvalue weighted by Gasteiger charge is 2.07. The third-order valence-electron chi connectivity index (χ3n) is 4.35. The van der Waals surface area contributed by atoms with Crippen LogP contribution in [0.5, 0.6) is 0 Å². The summed E-state index contributed by atoms with van der Waals surface area (Å²) in [5, 5.41) is 6.12. The van der Waals surface area contributed by atoms with Gasteiger partial charge in [-0.25, -0.2) is 18.7 Å². The zero-order valence-electron chi connectivity index (χ0n) is 15.0. The van der Waals surface area contributed by atoms with Crippen LogP contribution in [0.1, 0.15) is 23.6 Å². The van der Waals surface area contributed by atoms with Crippen molar-refractivity contribution < 1.29 is 8.78 Å². The highest BCUT2D eigenvalue weighted by atomic mass is 19.3. The lowest BCUT2D eigenvalue weighted by molar-refractivity contribution is 0.145. The molecule has 0 aliphatic carbocycles. The van der Waals surface area contributed by atoms with Crippen LogP contribution >= 0.6 is 0 Å². The number of anilines is 1. The Morgan fingerprint density at radius 3 is 2.73 bits per heavy atom. The first-order valence-electron chi connectivity index (χ1n) is 8.67. The van der Waals surface area contributed by atoms with Gasteiger partial charge in [-0.3, -0.25) is 0 Å². The molecule has 0 bridgehead atoms. The Kier molecular flexibility index (Phi) is 5.78. The van der Waals surface area contributed by atoms with Crippen LogP contribution in [0.2, 0.25) is 0 Å². The fourth-order valence-corrected chi connectivity index (χ4v) is 2.93. The molecule has 7 heteroatoms. The molecule has 0 saturated heterocycles. The molecule has 0 radical (unpaired) electrons. The van der Waals surface area contributed by atoms with Gasteiger partial charge >= 0.3 is 0 Å². The highest BCUT2D eigenvalue weighted by Crippen LogP contribution is 2.18. The maximum Gasteiger partial charge on any atom is 0.250 e. The van der Waals surface area contributed by atoms with Crippen LogP contribution in [-0.4, -0.2) is 27.5 Å². The van der Waals surface area contributed by atoms with Crippen molar-refractivity contribution in [3.8, 4) is 0 Å². The van der Waals surface area contributed by atoms with Crippen molar-refractivity contribution in [1.82, 2.24) is 19.9 Å². The van der Waals surface area contributed by atoms with Crippen molar-refractivity contribution >= 4 is 16.9 Å². The lowest BCUT2D eigenvalue weighted by atomic mass is 10.0. The third kappa shape index (κ3) is 4.35. The molecule has 0 fully saturated rings. The van der Waals surface area contributed by atoms with Gasteiger partial charge in [0.25, 0.3) is 6.43 Å². The quantitative estimate of drug-likeness (QED) is 0.646. The number of pyridine rings is 1. The minimum absolute atomic E-state index is 0.285. The Balaban J connectivity index is 1.67. The molecule has 0 unspecified atom stereocenters. The van der Waals surface area contributed by atoms with E-state index in [9.17, 15) is 8.78 Å². The summed E-state index contributed by atoms with van der Waals surface area (Å²) < 4.78 is 26.4.